The standard InChI is InChI=1S/C13H16ClN3OS/c1-8-13(18)16-4-5-17(8)7-10-3-2-9(12(15)19)6-11(10)14/h2-3,6,8H,4-5,7H2,1H3,(H2,15,19)(H,16,18). The third-order valence-electron chi connectivity index (χ3n) is 3.34. The number of halogens is 1. The van der Waals surface area contributed by atoms with Gasteiger partial charge in [0, 0.05) is 30.2 Å². The number of thiocarbonyl (C=S) groups is 1. The number of nitrogens with one attached hydrogen (secondary N) is 1. The summed E-state index contributed by atoms with van der Waals surface area (Å²) in [6.07, 6.45) is 0. The minimum absolute atomic E-state index is 0.0575. The molecular weight excluding hydrogens is 282 g/mol. The maximum Gasteiger partial charge on any atom is 0.237 e. The number of hydrogen-bond donors (Lipinski definition) is 2. The molecule has 1 amide bonds. The highest BCUT2D eigenvalue weighted by molar-refractivity contribution is 7.80. The Morgan fingerprint density at radius 2 is 2.37 bits per heavy atom. The normalized spacial score (nSPS) is 20.1. The molecule has 1 heterocycles. The molecule has 4 nitrogen and oxygen atoms in total. The van der Waals surface area contributed by atoms with Gasteiger partial charge in [0.15, 0.2) is 0 Å². The van der Waals surface area contributed by atoms with Crippen molar-refractivity contribution in [1.82, 2.24) is 10.2 Å². The Hall–Kier alpha value is -1.17. The van der Waals surface area contributed by atoms with Gasteiger partial charge in [-0.1, -0.05) is 36.0 Å². The van der Waals surface area contributed by atoms with Crippen molar-refractivity contribution in [1.29, 1.82) is 0 Å². The monoisotopic (exact) mass is 297 g/mol. The van der Waals surface area contributed by atoms with Crippen molar-refractivity contribution in [3.05, 3.63) is 34.3 Å². The molecule has 0 saturated carbocycles. The first-order chi connectivity index (χ1) is 8.99. The predicted octanol–water partition coefficient (Wildman–Crippen LogP) is 1.29. The van der Waals surface area contributed by atoms with Crippen molar-refractivity contribution >= 4 is 34.7 Å². The van der Waals surface area contributed by atoms with E-state index in [1.807, 2.05) is 19.1 Å². The van der Waals surface area contributed by atoms with Crippen LogP contribution >= 0.6 is 23.8 Å². The van der Waals surface area contributed by atoms with E-state index in [4.69, 9.17) is 29.6 Å². The van der Waals surface area contributed by atoms with Gasteiger partial charge in [0.05, 0.1) is 6.04 Å². The number of carbonyl (C=O) groups is 1. The lowest BCUT2D eigenvalue weighted by Gasteiger charge is -2.32. The maximum atomic E-state index is 11.6. The zero-order valence-electron chi connectivity index (χ0n) is 10.6. The summed E-state index contributed by atoms with van der Waals surface area (Å²) in [6.45, 7) is 4.03. The average molecular weight is 298 g/mol. The highest BCUT2D eigenvalue weighted by Gasteiger charge is 2.25. The molecule has 1 saturated heterocycles. The Bertz CT molecular complexity index is 521. The number of carbonyl (C=O) groups excluding carboxylic acids is 1. The Balaban J connectivity index is 2.15. The fourth-order valence-electron chi connectivity index (χ4n) is 2.09. The second kappa shape index (κ2) is 5.86. The number of rotatable bonds is 3. The minimum Gasteiger partial charge on any atom is -0.389 e. The first-order valence-corrected chi connectivity index (χ1v) is 6.87. The van der Waals surface area contributed by atoms with E-state index in [0.29, 0.717) is 23.1 Å². The first-order valence-electron chi connectivity index (χ1n) is 6.09. The molecule has 0 aromatic heterocycles. The van der Waals surface area contributed by atoms with Crippen LogP contribution < -0.4 is 11.1 Å². The molecule has 1 atom stereocenters. The largest absolute Gasteiger partial charge is 0.389 e. The fourth-order valence-corrected chi connectivity index (χ4v) is 2.46. The Labute approximate surface area is 122 Å². The molecule has 6 heteroatoms. The van der Waals surface area contributed by atoms with Gasteiger partial charge < -0.3 is 11.1 Å². The van der Waals surface area contributed by atoms with Gasteiger partial charge in [-0.2, -0.15) is 0 Å². The summed E-state index contributed by atoms with van der Waals surface area (Å²) in [7, 11) is 0. The minimum atomic E-state index is -0.139. The predicted molar refractivity (Wildman–Crippen MR) is 80.2 cm³/mol. The average Bonchev–Trinajstić information content (AvgIpc) is 2.37. The molecule has 1 aromatic rings. The van der Waals surface area contributed by atoms with E-state index in [2.05, 4.69) is 10.2 Å². The van der Waals surface area contributed by atoms with Crippen LogP contribution in [-0.4, -0.2) is 34.9 Å². The quantitative estimate of drug-likeness (QED) is 0.826. The lowest BCUT2D eigenvalue weighted by Crippen LogP contribution is -2.53. The van der Waals surface area contributed by atoms with Crippen LogP contribution in [-0.2, 0) is 11.3 Å². The third-order valence-corrected chi connectivity index (χ3v) is 3.92. The summed E-state index contributed by atoms with van der Waals surface area (Å²) in [5.41, 5.74) is 7.30. The van der Waals surface area contributed by atoms with E-state index in [-0.39, 0.29) is 11.9 Å². The van der Waals surface area contributed by atoms with E-state index < -0.39 is 0 Å². The summed E-state index contributed by atoms with van der Waals surface area (Å²) in [4.78, 5) is 14.0. The molecule has 0 aliphatic carbocycles. The van der Waals surface area contributed by atoms with Gasteiger partial charge in [-0.15, -0.1) is 0 Å². The lowest BCUT2D eigenvalue weighted by molar-refractivity contribution is -0.128. The lowest BCUT2D eigenvalue weighted by atomic mass is 10.1. The number of amides is 1. The molecule has 1 aromatic carbocycles. The third kappa shape index (κ3) is 3.23. The van der Waals surface area contributed by atoms with Crippen LogP contribution in [0.4, 0.5) is 0 Å². The summed E-state index contributed by atoms with van der Waals surface area (Å²) in [6, 6.07) is 5.41. The zero-order chi connectivity index (χ0) is 14.0. The number of nitrogens with zero attached hydrogens (tertiary/aromatic N) is 1. The van der Waals surface area contributed by atoms with Gasteiger partial charge in [-0.05, 0) is 18.6 Å². The summed E-state index contributed by atoms with van der Waals surface area (Å²) < 4.78 is 0. The highest BCUT2D eigenvalue weighted by atomic mass is 35.5. The van der Waals surface area contributed by atoms with E-state index in [0.717, 1.165) is 17.7 Å². The summed E-state index contributed by atoms with van der Waals surface area (Å²) in [5, 5.41) is 3.47. The smallest absolute Gasteiger partial charge is 0.237 e. The molecule has 3 N–H and O–H groups in total. The van der Waals surface area contributed by atoms with E-state index in [9.17, 15) is 4.79 Å². The van der Waals surface area contributed by atoms with Crippen molar-refractivity contribution in [2.24, 2.45) is 5.73 Å². The Morgan fingerprint density at radius 3 is 3.00 bits per heavy atom. The molecule has 0 spiro atoms. The molecule has 1 aliphatic rings. The Morgan fingerprint density at radius 1 is 1.63 bits per heavy atom. The first kappa shape index (κ1) is 14.2. The van der Waals surface area contributed by atoms with Gasteiger partial charge in [-0.25, -0.2) is 0 Å². The Kier molecular flexibility index (Phi) is 4.39. The van der Waals surface area contributed by atoms with Crippen molar-refractivity contribution in [3.8, 4) is 0 Å². The molecule has 19 heavy (non-hydrogen) atoms. The maximum absolute atomic E-state index is 11.6. The van der Waals surface area contributed by atoms with E-state index >= 15 is 0 Å². The molecule has 102 valence electrons. The molecular formula is C13H16ClN3OS. The number of piperazine rings is 1. The summed E-state index contributed by atoms with van der Waals surface area (Å²) >= 11 is 11.2. The fraction of sp³-hybridized carbons (Fsp3) is 0.385. The second-order valence-corrected chi connectivity index (χ2v) is 5.45. The van der Waals surface area contributed by atoms with Gasteiger partial charge in [0.1, 0.15) is 4.99 Å². The van der Waals surface area contributed by atoms with Gasteiger partial charge in [-0.3, -0.25) is 9.69 Å². The van der Waals surface area contributed by atoms with E-state index in [1.54, 1.807) is 6.07 Å². The zero-order valence-corrected chi connectivity index (χ0v) is 12.2. The van der Waals surface area contributed by atoms with Crippen LogP contribution in [0.2, 0.25) is 5.02 Å². The summed E-state index contributed by atoms with van der Waals surface area (Å²) in [5.74, 6) is 0.0575. The SMILES string of the molecule is CC1C(=O)NCCN1Cc1ccc(C(N)=S)cc1Cl. The van der Waals surface area contributed by atoms with Gasteiger partial charge in [0.2, 0.25) is 5.91 Å². The van der Waals surface area contributed by atoms with Crippen LogP contribution in [0.5, 0.6) is 0 Å². The van der Waals surface area contributed by atoms with Gasteiger partial charge >= 0.3 is 0 Å². The van der Waals surface area contributed by atoms with Crippen LogP contribution in [0.1, 0.15) is 18.1 Å². The van der Waals surface area contributed by atoms with Crippen molar-refractivity contribution in [2.45, 2.75) is 19.5 Å². The second-order valence-electron chi connectivity index (χ2n) is 4.61. The number of benzene rings is 1. The number of nitrogens with two attached hydrogens (primary N) is 1. The molecule has 1 unspecified atom stereocenters. The van der Waals surface area contributed by atoms with E-state index in [1.165, 1.54) is 0 Å². The van der Waals surface area contributed by atoms with Crippen molar-refractivity contribution in [2.75, 3.05) is 13.1 Å². The molecule has 1 aliphatic heterocycles. The van der Waals surface area contributed by atoms with Crippen LogP contribution in [0.15, 0.2) is 18.2 Å². The van der Waals surface area contributed by atoms with Crippen LogP contribution in [0.3, 0.4) is 0 Å². The molecule has 0 radical (unpaired) electrons. The highest BCUT2D eigenvalue weighted by Crippen LogP contribution is 2.21. The van der Waals surface area contributed by atoms with Crippen LogP contribution in [0.25, 0.3) is 0 Å². The molecule has 0 bridgehead atoms. The van der Waals surface area contributed by atoms with Crippen molar-refractivity contribution < 1.29 is 4.79 Å². The number of hydrogen-bond acceptors (Lipinski definition) is 3. The molecule has 1 fully saturated rings. The molecule has 2 rings (SSSR count). The van der Waals surface area contributed by atoms with Crippen molar-refractivity contribution in [3.63, 3.8) is 0 Å². The van der Waals surface area contributed by atoms with Crippen LogP contribution in [0, 0.1) is 0 Å². The topological polar surface area (TPSA) is 58.4 Å². The van der Waals surface area contributed by atoms with Gasteiger partial charge in [0.25, 0.3) is 0 Å².